The van der Waals surface area contributed by atoms with Crippen molar-refractivity contribution in [3.63, 3.8) is 0 Å². The van der Waals surface area contributed by atoms with Crippen LogP contribution in [0.4, 0.5) is 5.82 Å². The quantitative estimate of drug-likeness (QED) is 0.532. The Morgan fingerprint density at radius 1 is 0.967 bits per heavy atom. The van der Waals surface area contributed by atoms with Crippen molar-refractivity contribution in [2.75, 3.05) is 16.8 Å². The van der Waals surface area contributed by atoms with Crippen LogP contribution in [-0.2, 0) is 16.8 Å². The molecule has 1 aromatic heterocycles. The van der Waals surface area contributed by atoms with E-state index in [1.807, 2.05) is 18.2 Å². The highest BCUT2D eigenvalue weighted by Gasteiger charge is 2.14. The van der Waals surface area contributed by atoms with Crippen LogP contribution >= 0.6 is 11.8 Å². The van der Waals surface area contributed by atoms with Gasteiger partial charge in [0, 0.05) is 11.6 Å². The average Bonchev–Trinajstić information content (AvgIpc) is 3.14. The van der Waals surface area contributed by atoms with Gasteiger partial charge in [-0.05, 0) is 16.5 Å². The third-order valence-electron chi connectivity index (χ3n) is 4.70. The lowest BCUT2D eigenvalue weighted by Crippen LogP contribution is -2.18. The van der Waals surface area contributed by atoms with Crippen LogP contribution in [0.15, 0.2) is 66.9 Å². The van der Waals surface area contributed by atoms with Crippen LogP contribution in [0.25, 0.3) is 0 Å². The Morgan fingerprint density at radius 3 is 2.33 bits per heavy atom. The van der Waals surface area contributed by atoms with Gasteiger partial charge in [0.25, 0.3) is 0 Å². The molecule has 0 atom stereocenters. The predicted octanol–water partition coefficient (Wildman–Crippen LogP) is 4.78. The van der Waals surface area contributed by atoms with E-state index in [4.69, 9.17) is 0 Å². The zero-order valence-corrected chi connectivity index (χ0v) is 18.4. The minimum Gasteiger partial charge on any atom is -0.310 e. The first-order valence-corrected chi connectivity index (χ1v) is 11.1. The fraction of sp³-hybridized carbons (Fsp3) is 0.292. The first kappa shape index (κ1) is 21.8. The van der Waals surface area contributed by atoms with Gasteiger partial charge in [0.2, 0.25) is 5.91 Å². The van der Waals surface area contributed by atoms with Crippen LogP contribution in [-0.4, -0.2) is 33.0 Å². The van der Waals surface area contributed by atoms with E-state index in [2.05, 4.69) is 55.5 Å². The average molecular weight is 422 g/mol. The van der Waals surface area contributed by atoms with E-state index < -0.39 is 0 Å². The van der Waals surface area contributed by atoms with Crippen LogP contribution in [0.3, 0.4) is 0 Å². The van der Waals surface area contributed by atoms with Gasteiger partial charge in [-0.25, -0.2) is 4.68 Å². The summed E-state index contributed by atoms with van der Waals surface area (Å²) in [5, 5.41) is 7.21. The molecule has 1 N–H and O–H groups in total. The topological polar surface area (TPSA) is 64.0 Å². The number of nitrogens with zero attached hydrogens (tertiary/aromatic N) is 2. The summed E-state index contributed by atoms with van der Waals surface area (Å²) in [4.78, 5) is 24.4. The number of hydrogen-bond donors (Lipinski definition) is 1. The van der Waals surface area contributed by atoms with E-state index in [1.165, 1.54) is 17.3 Å². The number of aromatic nitrogens is 2. The number of hydrogen-bond acceptors (Lipinski definition) is 4. The Hall–Kier alpha value is -2.86. The highest BCUT2D eigenvalue weighted by Crippen LogP contribution is 2.22. The predicted molar refractivity (Wildman–Crippen MR) is 123 cm³/mol. The summed E-state index contributed by atoms with van der Waals surface area (Å²) in [5.74, 6) is 1.01. The molecule has 1 heterocycles. The van der Waals surface area contributed by atoms with Gasteiger partial charge in [-0.1, -0.05) is 75.4 Å². The van der Waals surface area contributed by atoms with Gasteiger partial charge in [-0.3, -0.25) is 9.59 Å². The number of thioether (sulfide) groups is 1. The van der Waals surface area contributed by atoms with Gasteiger partial charge in [0.15, 0.2) is 5.78 Å². The zero-order chi connectivity index (χ0) is 21.6. The van der Waals surface area contributed by atoms with Crippen molar-refractivity contribution < 1.29 is 9.59 Å². The highest BCUT2D eigenvalue weighted by atomic mass is 32.2. The van der Waals surface area contributed by atoms with Gasteiger partial charge in [0.1, 0.15) is 5.82 Å². The summed E-state index contributed by atoms with van der Waals surface area (Å²) in [6.07, 6.45) is 1.67. The Bertz CT molecular complexity index is 989. The molecule has 156 valence electrons. The van der Waals surface area contributed by atoms with Gasteiger partial charge in [-0.15, -0.1) is 11.8 Å². The van der Waals surface area contributed by atoms with Crippen molar-refractivity contribution >= 4 is 29.3 Å². The molecule has 0 bridgehead atoms. The van der Waals surface area contributed by atoms with Gasteiger partial charge < -0.3 is 5.32 Å². The summed E-state index contributed by atoms with van der Waals surface area (Å²) in [6.45, 7) is 7.14. The minimum atomic E-state index is -0.148. The highest BCUT2D eigenvalue weighted by molar-refractivity contribution is 8.00. The monoisotopic (exact) mass is 421 g/mol. The molecule has 0 saturated carbocycles. The van der Waals surface area contributed by atoms with Crippen molar-refractivity contribution in [3.8, 4) is 0 Å². The molecule has 30 heavy (non-hydrogen) atoms. The SMILES string of the molecule is CC(C)(C)c1ccc(Cn2nccc2NC(=O)CSCC(=O)c2ccccc2)cc1. The number of Topliss-reactive ketones (excluding diaryl/α,β-unsaturated/α-hetero) is 1. The standard InChI is InChI=1S/C24H27N3O2S/c1-24(2,3)20-11-9-18(10-12-20)15-27-22(13-14-25-27)26-23(29)17-30-16-21(28)19-7-5-4-6-8-19/h4-14H,15-17H2,1-3H3,(H,26,29). The molecule has 0 unspecified atom stereocenters. The van der Waals surface area contributed by atoms with Crippen molar-refractivity contribution in [1.29, 1.82) is 0 Å². The summed E-state index contributed by atoms with van der Waals surface area (Å²) in [5.41, 5.74) is 3.18. The number of benzene rings is 2. The van der Waals surface area contributed by atoms with Crippen molar-refractivity contribution in [2.45, 2.75) is 32.7 Å². The van der Waals surface area contributed by atoms with E-state index in [1.54, 1.807) is 29.1 Å². The van der Waals surface area contributed by atoms with Crippen LogP contribution in [0.1, 0.15) is 42.3 Å². The Kier molecular flexibility index (Phi) is 7.11. The number of amides is 1. The second kappa shape index (κ2) is 9.76. The molecular formula is C24H27N3O2S. The zero-order valence-electron chi connectivity index (χ0n) is 17.6. The van der Waals surface area contributed by atoms with Crippen molar-refractivity contribution in [3.05, 3.63) is 83.6 Å². The Morgan fingerprint density at radius 2 is 1.67 bits per heavy atom. The molecule has 6 heteroatoms. The van der Waals surface area contributed by atoms with Crippen LogP contribution in [0.2, 0.25) is 0 Å². The number of carbonyl (C=O) groups excluding carboxylic acids is 2. The van der Waals surface area contributed by atoms with Crippen LogP contribution in [0.5, 0.6) is 0 Å². The van der Waals surface area contributed by atoms with E-state index in [9.17, 15) is 9.59 Å². The molecule has 0 aliphatic carbocycles. The van der Waals surface area contributed by atoms with E-state index >= 15 is 0 Å². The maximum atomic E-state index is 12.3. The lowest BCUT2D eigenvalue weighted by atomic mass is 9.87. The largest absolute Gasteiger partial charge is 0.310 e. The maximum absolute atomic E-state index is 12.3. The summed E-state index contributed by atoms with van der Waals surface area (Å²) < 4.78 is 1.77. The first-order valence-electron chi connectivity index (χ1n) is 9.90. The normalized spacial score (nSPS) is 11.3. The van der Waals surface area contributed by atoms with E-state index in [0.29, 0.717) is 17.9 Å². The molecule has 3 rings (SSSR count). The lowest BCUT2D eigenvalue weighted by Gasteiger charge is -2.19. The molecule has 0 aliphatic rings. The number of rotatable bonds is 8. The summed E-state index contributed by atoms with van der Waals surface area (Å²) >= 11 is 1.31. The molecule has 0 spiro atoms. The third-order valence-corrected chi connectivity index (χ3v) is 5.63. The van der Waals surface area contributed by atoms with Gasteiger partial charge in [0.05, 0.1) is 24.2 Å². The first-order chi connectivity index (χ1) is 14.3. The number of carbonyl (C=O) groups is 2. The fourth-order valence-electron chi connectivity index (χ4n) is 2.97. The van der Waals surface area contributed by atoms with E-state index in [-0.39, 0.29) is 28.6 Å². The van der Waals surface area contributed by atoms with Crippen LogP contribution in [0, 0.1) is 0 Å². The fourth-order valence-corrected chi connectivity index (χ4v) is 3.68. The van der Waals surface area contributed by atoms with Gasteiger partial charge in [-0.2, -0.15) is 5.10 Å². The molecule has 0 fully saturated rings. The molecule has 3 aromatic rings. The Balaban J connectivity index is 1.51. The van der Waals surface area contributed by atoms with Crippen molar-refractivity contribution in [1.82, 2.24) is 9.78 Å². The third kappa shape index (κ3) is 6.07. The summed E-state index contributed by atoms with van der Waals surface area (Å²) in [6, 6.07) is 19.4. The lowest BCUT2D eigenvalue weighted by molar-refractivity contribution is -0.113. The second-order valence-electron chi connectivity index (χ2n) is 8.15. The molecule has 0 aliphatic heterocycles. The smallest absolute Gasteiger partial charge is 0.235 e. The molecule has 2 aromatic carbocycles. The van der Waals surface area contributed by atoms with Gasteiger partial charge >= 0.3 is 0 Å². The molecule has 5 nitrogen and oxygen atoms in total. The second-order valence-corrected chi connectivity index (χ2v) is 9.14. The van der Waals surface area contributed by atoms with Crippen LogP contribution < -0.4 is 5.32 Å². The molecule has 0 saturated heterocycles. The molecule has 1 amide bonds. The Labute approximate surface area is 181 Å². The van der Waals surface area contributed by atoms with Crippen molar-refractivity contribution in [2.24, 2.45) is 0 Å². The minimum absolute atomic E-state index is 0.0251. The number of ketones is 1. The summed E-state index contributed by atoms with van der Waals surface area (Å²) in [7, 11) is 0. The van der Waals surface area contributed by atoms with E-state index in [0.717, 1.165) is 5.56 Å². The molecular weight excluding hydrogens is 394 g/mol. The maximum Gasteiger partial charge on any atom is 0.235 e. The number of anilines is 1. The number of nitrogens with one attached hydrogen (secondary N) is 1. The molecule has 0 radical (unpaired) electrons.